The summed E-state index contributed by atoms with van der Waals surface area (Å²) < 4.78 is 0. The molecule has 5 nitrogen and oxygen atoms in total. The topological polar surface area (TPSA) is 61.4 Å². The van der Waals surface area contributed by atoms with E-state index in [1.807, 2.05) is 32.6 Å². The van der Waals surface area contributed by atoms with Crippen LogP contribution >= 0.6 is 0 Å². The predicted octanol–water partition coefficient (Wildman–Crippen LogP) is 0.890. The summed E-state index contributed by atoms with van der Waals surface area (Å²) in [5, 5.41) is 5.87. The average Bonchev–Trinajstić information content (AvgIpc) is 2.22. The number of carbonyl (C=O) groups is 2. The van der Waals surface area contributed by atoms with Gasteiger partial charge in [0.1, 0.15) is 6.04 Å². The van der Waals surface area contributed by atoms with Gasteiger partial charge in [0.25, 0.3) is 0 Å². The standard InChI is InChI=1S/C14H27N3O2/c1-6-7-8-17-9-11(18)15-10(2)12(17)13(19)16-14(3,4)5/h10,12H,6-9H2,1-5H3,(H,15,18)(H,16,19)/t10-,12-/m0/s1. The minimum atomic E-state index is -0.275. The van der Waals surface area contributed by atoms with Crippen molar-refractivity contribution in [2.75, 3.05) is 13.1 Å². The van der Waals surface area contributed by atoms with E-state index < -0.39 is 0 Å². The predicted molar refractivity (Wildman–Crippen MR) is 75.8 cm³/mol. The summed E-state index contributed by atoms with van der Waals surface area (Å²) in [7, 11) is 0. The summed E-state index contributed by atoms with van der Waals surface area (Å²) >= 11 is 0. The highest BCUT2D eigenvalue weighted by molar-refractivity contribution is 5.87. The molecule has 5 heteroatoms. The van der Waals surface area contributed by atoms with E-state index in [1.54, 1.807) is 0 Å². The molecule has 0 aromatic carbocycles. The van der Waals surface area contributed by atoms with E-state index in [4.69, 9.17) is 0 Å². The first-order chi connectivity index (χ1) is 8.74. The van der Waals surface area contributed by atoms with E-state index >= 15 is 0 Å². The van der Waals surface area contributed by atoms with Crippen LogP contribution in [-0.2, 0) is 9.59 Å². The summed E-state index contributed by atoms with van der Waals surface area (Å²) in [6, 6.07) is -0.427. The molecule has 2 amide bonds. The zero-order valence-corrected chi connectivity index (χ0v) is 12.7. The van der Waals surface area contributed by atoms with Gasteiger partial charge in [-0.05, 0) is 40.7 Å². The molecule has 0 radical (unpaired) electrons. The largest absolute Gasteiger partial charge is 0.350 e. The Morgan fingerprint density at radius 2 is 2.11 bits per heavy atom. The van der Waals surface area contributed by atoms with Gasteiger partial charge in [-0.15, -0.1) is 0 Å². The number of rotatable bonds is 4. The molecule has 0 bridgehead atoms. The highest BCUT2D eigenvalue weighted by Crippen LogP contribution is 2.13. The smallest absolute Gasteiger partial charge is 0.239 e. The first-order valence-corrected chi connectivity index (χ1v) is 7.10. The summed E-state index contributed by atoms with van der Waals surface area (Å²) in [4.78, 5) is 26.0. The Labute approximate surface area is 116 Å². The number of carbonyl (C=O) groups excluding carboxylic acids is 2. The summed E-state index contributed by atoms with van der Waals surface area (Å²) in [6.45, 7) is 11.0. The van der Waals surface area contributed by atoms with Crippen LogP contribution in [0.4, 0.5) is 0 Å². The highest BCUT2D eigenvalue weighted by atomic mass is 16.2. The molecular weight excluding hydrogens is 242 g/mol. The molecule has 0 unspecified atom stereocenters. The second-order valence-electron chi connectivity index (χ2n) is 6.36. The summed E-state index contributed by atoms with van der Waals surface area (Å²) in [6.07, 6.45) is 2.05. The minimum absolute atomic E-state index is 0.00316. The fraction of sp³-hybridized carbons (Fsp3) is 0.857. The maximum atomic E-state index is 12.4. The van der Waals surface area contributed by atoms with E-state index in [0.29, 0.717) is 6.54 Å². The number of unbranched alkanes of at least 4 members (excludes halogenated alkanes) is 1. The van der Waals surface area contributed by atoms with E-state index in [-0.39, 0.29) is 29.4 Å². The highest BCUT2D eigenvalue weighted by Gasteiger charge is 2.37. The fourth-order valence-electron chi connectivity index (χ4n) is 2.39. The quantitative estimate of drug-likeness (QED) is 0.797. The second kappa shape index (κ2) is 6.37. The Kier molecular flexibility index (Phi) is 5.35. The minimum Gasteiger partial charge on any atom is -0.350 e. The van der Waals surface area contributed by atoms with Gasteiger partial charge in [-0.2, -0.15) is 0 Å². The zero-order valence-electron chi connectivity index (χ0n) is 12.7. The molecule has 1 aliphatic heterocycles. The van der Waals surface area contributed by atoms with Crippen molar-refractivity contribution >= 4 is 11.8 Å². The first-order valence-electron chi connectivity index (χ1n) is 7.10. The third kappa shape index (κ3) is 4.82. The Morgan fingerprint density at radius 3 is 2.63 bits per heavy atom. The van der Waals surface area contributed by atoms with Crippen molar-refractivity contribution in [2.45, 2.75) is 65.1 Å². The lowest BCUT2D eigenvalue weighted by Crippen LogP contribution is -2.65. The van der Waals surface area contributed by atoms with Crippen LogP contribution in [0.25, 0.3) is 0 Å². The van der Waals surface area contributed by atoms with Crippen LogP contribution in [0, 0.1) is 0 Å². The molecule has 0 aromatic rings. The van der Waals surface area contributed by atoms with Crippen LogP contribution in [-0.4, -0.2) is 47.4 Å². The van der Waals surface area contributed by atoms with Gasteiger partial charge in [-0.3, -0.25) is 14.5 Å². The monoisotopic (exact) mass is 269 g/mol. The van der Waals surface area contributed by atoms with Gasteiger partial charge in [0, 0.05) is 5.54 Å². The summed E-state index contributed by atoms with van der Waals surface area (Å²) in [5.41, 5.74) is -0.255. The molecular formula is C14H27N3O2. The Bertz CT molecular complexity index is 336. The third-order valence-corrected chi connectivity index (χ3v) is 3.17. The van der Waals surface area contributed by atoms with E-state index in [1.165, 1.54) is 0 Å². The lowest BCUT2D eigenvalue weighted by Gasteiger charge is -2.40. The van der Waals surface area contributed by atoms with Crippen molar-refractivity contribution < 1.29 is 9.59 Å². The molecule has 110 valence electrons. The molecule has 2 atom stereocenters. The maximum absolute atomic E-state index is 12.4. The van der Waals surface area contributed by atoms with E-state index in [0.717, 1.165) is 19.4 Å². The molecule has 1 saturated heterocycles. The third-order valence-electron chi connectivity index (χ3n) is 3.17. The van der Waals surface area contributed by atoms with Crippen molar-refractivity contribution in [3.05, 3.63) is 0 Å². The van der Waals surface area contributed by atoms with E-state index in [2.05, 4.69) is 17.6 Å². The Balaban J connectivity index is 2.78. The number of nitrogens with zero attached hydrogens (tertiary/aromatic N) is 1. The van der Waals surface area contributed by atoms with Crippen LogP contribution < -0.4 is 10.6 Å². The molecule has 0 aromatic heterocycles. The SMILES string of the molecule is CCCCN1CC(=O)N[C@@H](C)[C@H]1C(=O)NC(C)(C)C. The number of hydrogen-bond donors (Lipinski definition) is 2. The van der Waals surface area contributed by atoms with Crippen molar-refractivity contribution in [3.8, 4) is 0 Å². The Morgan fingerprint density at radius 1 is 1.47 bits per heavy atom. The van der Waals surface area contributed by atoms with Crippen molar-refractivity contribution in [1.29, 1.82) is 0 Å². The van der Waals surface area contributed by atoms with Gasteiger partial charge in [0.15, 0.2) is 0 Å². The number of nitrogens with one attached hydrogen (secondary N) is 2. The molecule has 1 heterocycles. The van der Waals surface area contributed by atoms with Crippen LogP contribution in [0.1, 0.15) is 47.5 Å². The second-order valence-corrected chi connectivity index (χ2v) is 6.36. The van der Waals surface area contributed by atoms with Gasteiger partial charge in [-0.25, -0.2) is 0 Å². The molecule has 1 aliphatic rings. The van der Waals surface area contributed by atoms with Crippen molar-refractivity contribution in [1.82, 2.24) is 15.5 Å². The molecule has 1 fully saturated rings. The van der Waals surface area contributed by atoms with Crippen molar-refractivity contribution in [3.63, 3.8) is 0 Å². The molecule has 0 saturated carbocycles. The Hall–Kier alpha value is -1.10. The van der Waals surface area contributed by atoms with Gasteiger partial charge in [-0.1, -0.05) is 13.3 Å². The van der Waals surface area contributed by atoms with Gasteiger partial charge in [0.05, 0.1) is 12.6 Å². The molecule has 0 aliphatic carbocycles. The van der Waals surface area contributed by atoms with Crippen LogP contribution in [0.5, 0.6) is 0 Å². The van der Waals surface area contributed by atoms with Crippen LogP contribution in [0.15, 0.2) is 0 Å². The molecule has 19 heavy (non-hydrogen) atoms. The average molecular weight is 269 g/mol. The first kappa shape index (κ1) is 16.0. The number of amides is 2. The normalized spacial score (nSPS) is 25.0. The lowest BCUT2D eigenvalue weighted by atomic mass is 10.0. The number of piperazine rings is 1. The van der Waals surface area contributed by atoms with Crippen LogP contribution in [0.3, 0.4) is 0 Å². The van der Waals surface area contributed by atoms with E-state index in [9.17, 15) is 9.59 Å². The summed E-state index contributed by atoms with van der Waals surface area (Å²) in [5.74, 6) is -0.000449. The molecule has 0 spiro atoms. The van der Waals surface area contributed by atoms with Gasteiger partial charge in [0.2, 0.25) is 11.8 Å². The lowest BCUT2D eigenvalue weighted by molar-refractivity contribution is -0.136. The zero-order chi connectivity index (χ0) is 14.6. The van der Waals surface area contributed by atoms with Gasteiger partial charge < -0.3 is 10.6 Å². The molecule has 2 N–H and O–H groups in total. The maximum Gasteiger partial charge on any atom is 0.239 e. The fourth-order valence-corrected chi connectivity index (χ4v) is 2.39. The van der Waals surface area contributed by atoms with Gasteiger partial charge >= 0.3 is 0 Å². The molecule has 1 rings (SSSR count). The van der Waals surface area contributed by atoms with Crippen LogP contribution in [0.2, 0.25) is 0 Å². The van der Waals surface area contributed by atoms with Crippen molar-refractivity contribution in [2.24, 2.45) is 0 Å². The number of hydrogen-bond acceptors (Lipinski definition) is 3.